The smallest absolute Gasteiger partial charge is 0.135 e. The summed E-state index contributed by atoms with van der Waals surface area (Å²) in [6.07, 6.45) is 11.1. The number of Topliss-reactive ketones (excluding diaryl/α,β-unsaturated/α-hetero) is 1. The van der Waals surface area contributed by atoms with Crippen molar-refractivity contribution < 1.29 is 19.7 Å². The van der Waals surface area contributed by atoms with Gasteiger partial charge >= 0.3 is 0 Å². The molecule has 0 saturated heterocycles. The van der Waals surface area contributed by atoms with Crippen LogP contribution < -0.4 is 0 Å². The first-order valence-corrected chi connectivity index (χ1v) is 9.77. The SMILES string of the molecule is C=C/C=C(\C=C)CCC(=O)CC(O)CCC1=C2CCCC(=C1)C(O)C2OC. The van der Waals surface area contributed by atoms with Gasteiger partial charge in [0.1, 0.15) is 18.0 Å². The van der Waals surface area contributed by atoms with Gasteiger partial charge in [0.25, 0.3) is 0 Å². The molecular weight excluding hydrogens is 340 g/mol. The molecule has 0 radical (unpaired) electrons. The third-order valence-corrected chi connectivity index (χ3v) is 5.44. The van der Waals surface area contributed by atoms with Gasteiger partial charge in [-0.3, -0.25) is 4.79 Å². The van der Waals surface area contributed by atoms with E-state index >= 15 is 0 Å². The Balaban J connectivity index is 1.87. The van der Waals surface area contributed by atoms with Crippen molar-refractivity contribution in [2.75, 3.05) is 7.11 Å². The summed E-state index contributed by atoms with van der Waals surface area (Å²) in [5, 5.41) is 20.7. The number of carbonyl (C=O) groups is 1. The zero-order chi connectivity index (χ0) is 19.8. The molecule has 3 unspecified atom stereocenters. The molecular formula is C23H32O4. The summed E-state index contributed by atoms with van der Waals surface area (Å²) in [5.74, 6) is 0.0582. The third-order valence-electron chi connectivity index (χ3n) is 5.44. The van der Waals surface area contributed by atoms with Crippen molar-refractivity contribution in [3.05, 3.63) is 59.8 Å². The van der Waals surface area contributed by atoms with Crippen LogP contribution in [-0.4, -0.2) is 41.4 Å². The van der Waals surface area contributed by atoms with E-state index in [9.17, 15) is 15.0 Å². The van der Waals surface area contributed by atoms with Gasteiger partial charge in [-0.05, 0) is 60.8 Å². The maximum Gasteiger partial charge on any atom is 0.135 e. The highest BCUT2D eigenvalue weighted by atomic mass is 16.5. The molecule has 2 N–H and O–H groups in total. The van der Waals surface area contributed by atoms with E-state index < -0.39 is 12.2 Å². The van der Waals surface area contributed by atoms with E-state index in [0.717, 1.165) is 41.6 Å². The molecule has 4 heteroatoms. The molecule has 0 aromatic heterocycles. The molecule has 3 aliphatic carbocycles. The first-order valence-electron chi connectivity index (χ1n) is 9.77. The number of hydrogen-bond donors (Lipinski definition) is 2. The molecule has 0 spiro atoms. The standard InChI is InChI=1S/C23H32O4/c1-4-7-16(5-2)10-12-19(24)15-20(25)13-11-17-14-18-8-6-9-21(17)23(27-3)22(18)26/h4-5,7,14,20,22-23,25-26H,1-2,6,8-13,15H2,3H3/b16-7+. The van der Waals surface area contributed by atoms with Crippen LogP contribution in [0.25, 0.3) is 0 Å². The van der Waals surface area contributed by atoms with Gasteiger partial charge in [0.15, 0.2) is 0 Å². The Labute approximate surface area is 162 Å². The van der Waals surface area contributed by atoms with E-state index in [4.69, 9.17) is 4.74 Å². The third kappa shape index (κ3) is 5.86. The summed E-state index contributed by atoms with van der Waals surface area (Å²) >= 11 is 0. The van der Waals surface area contributed by atoms with Crippen molar-refractivity contribution in [3.8, 4) is 0 Å². The van der Waals surface area contributed by atoms with Gasteiger partial charge in [-0.15, -0.1) is 0 Å². The van der Waals surface area contributed by atoms with Crippen molar-refractivity contribution >= 4 is 5.78 Å². The molecule has 3 rings (SSSR count). The molecule has 4 nitrogen and oxygen atoms in total. The monoisotopic (exact) mass is 372 g/mol. The average Bonchev–Trinajstić information content (AvgIpc) is 2.95. The maximum atomic E-state index is 12.1. The normalized spacial score (nSPS) is 23.7. The molecule has 2 bridgehead atoms. The van der Waals surface area contributed by atoms with E-state index in [-0.39, 0.29) is 18.3 Å². The molecule has 0 heterocycles. The summed E-state index contributed by atoms with van der Waals surface area (Å²) < 4.78 is 5.52. The summed E-state index contributed by atoms with van der Waals surface area (Å²) in [7, 11) is 1.63. The number of fused-ring (bicyclic) bond motifs is 4. The molecule has 0 aromatic carbocycles. The number of ether oxygens (including phenoxy) is 1. The molecule has 148 valence electrons. The minimum Gasteiger partial charge on any atom is -0.393 e. The number of rotatable bonds is 11. The molecule has 1 saturated carbocycles. The van der Waals surface area contributed by atoms with Crippen LogP contribution in [0.1, 0.15) is 51.4 Å². The molecule has 3 atom stereocenters. The zero-order valence-corrected chi connectivity index (χ0v) is 16.3. The fourth-order valence-electron chi connectivity index (χ4n) is 3.96. The second kappa shape index (κ2) is 10.5. The van der Waals surface area contributed by atoms with Crippen molar-refractivity contribution in [2.24, 2.45) is 0 Å². The van der Waals surface area contributed by atoms with Gasteiger partial charge in [0.2, 0.25) is 0 Å². The predicted molar refractivity (Wildman–Crippen MR) is 108 cm³/mol. The van der Waals surface area contributed by atoms with E-state index in [2.05, 4.69) is 19.2 Å². The zero-order valence-electron chi connectivity index (χ0n) is 16.3. The lowest BCUT2D eigenvalue weighted by molar-refractivity contribution is -0.120. The Morgan fingerprint density at radius 1 is 1.37 bits per heavy atom. The Morgan fingerprint density at radius 3 is 2.81 bits per heavy atom. The van der Waals surface area contributed by atoms with Gasteiger partial charge in [0.05, 0.1) is 6.10 Å². The highest BCUT2D eigenvalue weighted by molar-refractivity contribution is 5.79. The highest BCUT2D eigenvalue weighted by Crippen LogP contribution is 2.38. The Hall–Kier alpha value is -1.75. The molecule has 3 aliphatic rings. The van der Waals surface area contributed by atoms with E-state index in [1.54, 1.807) is 19.3 Å². The summed E-state index contributed by atoms with van der Waals surface area (Å²) in [6.45, 7) is 7.38. The van der Waals surface area contributed by atoms with Crippen LogP contribution in [0.2, 0.25) is 0 Å². The first kappa shape index (κ1) is 21.5. The van der Waals surface area contributed by atoms with Crippen LogP contribution in [-0.2, 0) is 9.53 Å². The second-order valence-corrected chi connectivity index (χ2v) is 7.34. The fraction of sp³-hybridized carbons (Fsp3) is 0.522. The lowest BCUT2D eigenvalue weighted by Gasteiger charge is -2.29. The Bertz CT molecular complexity index is 653. The molecule has 0 amide bonds. The van der Waals surface area contributed by atoms with Crippen LogP contribution in [0.5, 0.6) is 0 Å². The van der Waals surface area contributed by atoms with Crippen molar-refractivity contribution in [1.29, 1.82) is 0 Å². The number of carbonyl (C=O) groups excluding carboxylic acids is 1. The van der Waals surface area contributed by atoms with Gasteiger partial charge in [0, 0.05) is 20.0 Å². The van der Waals surface area contributed by atoms with Gasteiger partial charge in [-0.25, -0.2) is 0 Å². The Morgan fingerprint density at radius 2 is 2.15 bits per heavy atom. The molecule has 0 aliphatic heterocycles. The number of methoxy groups -OCH3 is 1. The van der Waals surface area contributed by atoms with E-state index in [1.165, 1.54) is 0 Å². The number of hydrogen-bond acceptors (Lipinski definition) is 4. The second-order valence-electron chi connectivity index (χ2n) is 7.34. The quantitative estimate of drug-likeness (QED) is 0.539. The maximum absolute atomic E-state index is 12.1. The minimum absolute atomic E-state index is 0.0582. The fourth-order valence-corrected chi connectivity index (χ4v) is 3.96. The van der Waals surface area contributed by atoms with Crippen molar-refractivity contribution in [1.82, 2.24) is 0 Å². The molecule has 1 fully saturated rings. The minimum atomic E-state index is -0.646. The van der Waals surface area contributed by atoms with Gasteiger partial charge in [-0.1, -0.05) is 37.5 Å². The number of aliphatic hydroxyl groups is 2. The van der Waals surface area contributed by atoms with Crippen LogP contribution >= 0.6 is 0 Å². The number of aliphatic hydroxyl groups excluding tert-OH is 2. The van der Waals surface area contributed by atoms with Crippen LogP contribution in [0.15, 0.2) is 59.8 Å². The van der Waals surface area contributed by atoms with E-state index in [1.807, 2.05) is 6.08 Å². The van der Waals surface area contributed by atoms with Gasteiger partial charge < -0.3 is 14.9 Å². The van der Waals surface area contributed by atoms with Crippen molar-refractivity contribution in [2.45, 2.75) is 69.7 Å². The van der Waals surface area contributed by atoms with Crippen molar-refractivity contribution in [3.63, 3.8) is 0 Å². The lowest BCUT2D eigenvalue weighted by atomic mass is 9.86. The number of ketones is 1. The predicted octanol–water partition coefficient (Wildman–Crippen LogP) is 3.96. The largest absolute Gasteiger partial charge is 0.393 e. The molecule has 27 heavy (non-hydrogen) atoms. The summed E-state index contributed by atoms with van der Waals surface area (Å²) in [6, 6.07) is 0. The first-order chi connectivity index (χ1) is 13.0. The molecule has 0 aromatic rings. The van der Waals surface area contributed by atoms with Crippen LogP contribution in [0, 0.1) is 0 Å². The summed E-state index contributed by atoms with van der Waals surface area (Å²) in [5.41, 5.74) is 4.31. The number of allylic oxidation sites excluding steroid dienone is 6. The van der Waals surface area contributed by atoms with Crippen LogP contribution in [0.3, 0.4) is 0 Å². The summed E-state index contributed by atoms with van der Waals surface area (Å²) in [4.78, 5) is 12.1. The van der Waals surface area contributed by atoms with Gasteiger partial charge in [-0.2, -0.15) is 0 Å². The van der Waals surface area contributed by atoms with E-state index in [0.29, 0.717) is 25.7 Å². The topological polar surface area (TPSA) is 66.8 Å². The Kier molecular flexibility index (Phi) is 8.42. The lowest BCUT2D eigenvalue weighted by Crippen LogP contribution is -2.33. The van der Waals surface area contributed by atoms with Crippen LogP contribution in [0.4, 0.5) is 0 Å². The average molecular weight is 373 g/mol. The highest BCUT2D eigenvalue weighted by Gasteiger charge is 2.34.